The first kappa shape index (κ1) is 27.4. The van der Waals surface area contributed by atoms with E-state index in [0.717, 1.165) is 23.8 Å². The van der Waals surface area contributed by atoms with Gasteiger partial charge in [0.05, 0.1) is 19.6 Å². The lowest BCUT2D eigenvalue weighted by Gasteiger charge is -2.11. The molecule has 1 heterocycles. The molecular weight excluding hydrogens is 488 g/mol. The number of hydrogen-bond donors (Lipinski definition) is 1. The van der Waals surface area contributed by atoms with Gasteiger partial charge in [0.25, 0.3) is 0 Å². The highest BCUT2D eigenvalue weighted by Crippen LogP contribution is 2.30. The fourth-order valence-corrected chi connectivity index (χ4v) is 3.13. The molecule has 0 unspecified atom stereocenters. The predicted molar refractivity (Wildman–Crippen MR) is 130 cm³/mol. The van der Waals surface area contributed by atoms with Gasteiger partial charge in [0, 0.05) is 18.5 Å². The Bertz CT molecular complexity index is 1140. The molecule has 0 aliphatic heterocycles. The van der Waals surface area contributed by atoms with Crippen molar-refractivity contribution in [3.63, 3.8) is 0 Å². The summed E-state index contributed by atoms with van der Waals surface area (Å²) in [6.45, 7) is 3.76. The molecule has 8 nitrogen and oxygen atoms in total. The van der Waals surface area contributed by atoms with Gasteiger partial charge < -0.3 is 28.7 Å². The van der Waals surface area contributed by atoms with Crippen LogP contribution >= 0.6 is 0 Å². The van der Waals surface area contributed by atoms with Crippen LogP contribution in [-0.2, 0) is 30.4 Å². The first-order chi connectivity index (χ1) is 18.0. The van der Waals surface area contributed by atoms with Gasteiger partial charge in [-0.05, 0) is 47.0 Å². The van der Waals surface area contributed by atoms with Crippen molar-refractivity contribution in [2.45, 2.75) is 13.0 Å². The second-order valence-electron chi connectivity index (χ2n) is 7.60. The van der Waals surface area contributed by atoms with Crippen molar-refractivity contribution in [2.75, 3.05) is 33.0 Å². The average molecular weight is 516 g/mol. The zero-order valence-corrected chi connectivity index (χ0v) is 20.0. The number of ether oxygens (including phenoxy) is 5. The number of benzene rings is 2. The highest BCUT2D eigenvalue weighted by atomic mass is 19.1. The van der Waals surface area contributed by atoms with Crippen LogP contribution in [0.2, 0.25) is 0 Å². The number of esters is 2. The topological polar surface area (TPSA) is 96.1 Å². The fourth-order valence-electron chi connectivity index (χ4n) is 3.13. The van der Waals surface area contributed by atoms with Crippen LogP contribution in [0.1, 0.15) is 12.0 Å². The van der Waals surface area contributed by atoms with Crippen LogP contribution in [-0.4, -0.2) is 50.0 Å². The van der Waals surface area contributed by atoms with Crippen molar-refractivity contribution in [3.05, 3.63) is 84.7 Å². The van der Waals surface area contributed by atoms with Crippen LogP contribution < -0.4 is 9.47 Å². The van der Waals surface area contributed by atoms with Crippen LogP contribution in [0.5, 0.6) is 11.5 Å². The van der Waals surface area contributed by atoms with Crippen molar-refractivity contribution >= 4 is 11.9 Å². The maximum Gasteiger partial charge on any atom is 0.330 e. The van der Waals surface area contributed by atoms with Crippen molar-refractivity contribution in [1.29, 1.82) is 0 Å². The Morgan fingerprint density at radius 3 is 2.24 bits per heavy atom. The minimum absolute atomic E-state index is 0.0725. The van der Waals surface area contributed by atoms with E-state index in [0.29, 0.717) is 23.5 Å². The van der Waals surface area contributed by atoms with E-state index < -0.39 is 23.4 Å². The molecule has 10 heteroatoms. The largest absolute Gasteiger partial charge is 0.490 e. The Kier molecular flexibility index (Phi) is 10.7. The summed E-state index contributed by atoms with van der Waals surface area (Å²) in [5.41, 5.74) is 1.86. The number of carbonyl (C=O) groups is 2. The number of rotatable bonds is 15. The molecule has 2 aromatic carbocycles. The first-order valence-corrected chi connectivity index (χ1v) is 11.5. The summed E-state index contributed by atoms with van der Waals surface area (Å²) in [4.78, 5) is 25.7. The third-order valence-corrected chi connectivity index (χ3v) is 4.92. The number of carbonyl (C=O) groups excluding carboxylic acids is 2. The second-order valence-corrected chi connectivity index (χ2v) is 7.60. The Balaban J connectivity index is 1.38. The van der Waals surface area contributed by atoms with E-state index in [1.54, 1.807) is 30.5 Å². The Morgan fingerprint density at radius 2 is 1.57 bits per heavy atom. The van der Waals surface area contributed by atoms with E-state index in [9.17, 15) is 18.4 Å². The summed E-state index contributed by atoms with van der Waals surface area (Å²) in [7, 11) is 0. The molecule has 0 amide bonds. The highest BCUT2D eigenvalue weighted by Gasteiger charge is 2.14. The number of H-pyrrole nitrogens is 1. The predicted octanol–water partition coefficient (Wildman–Crippen LogP) is 4.60. The third kappa shape index (κ3) is 9.08. The molecule has 37 heavy (non-hydrogen) atoms. The molecule has 0 bridgehead atoms. The van der Waals surface area contributed by atoms with Gasteiger partial charge in [-0.3, -0.25) is 4.79 Å². The van der Waals surface area contributed by atoms with Gasteiger partial charge in [0.2, 0.25) is 0 Å². The van der Waals surface area contributed by atoms with Gasteiger partial charge >= 0.3 is 11.9 Å². The van der Waals surface area contributed by atoms with E-state index in [-0.39, 0.29) is 45.4 Å². The van der Waals surface area contributed by atoms with Crippen molar-refractivity contribution < 1.29 is 42.1 Å². The van der Waals surface area contributed by atoms with E-state index in [4.69, 9.17) is 23.7 Å². The molecule has 0 atom stereocenters. The van der Waals surface area contributed by atoms with Crippen LogP contribution in [0.25, 0.3) is 11.1 Å². The third-order valence-electron chi connectivity index (χ3n) is 4.92. The van der Waals surface area contributed by atoms with Gasteiger partial charge in [0.15, 0.2) is 17.4 Å². The zero-order valence-electron chi connectivity index (χ0n) is 20.0. The minimum atomic E-state index is -0.887. The maximum absolute atomic E-state index is 14.4. The number of aromatic amines is 1. The summed E-state index contributed by atoms with van der Waals surface area (Å²) in [6.07, 6.45) is 4.73. The molecule has 196 valence electrons. The Labute approximate surface area is 212 Å². The summed E-state index contributed by atoms with van der Waals surface area (Å²) in [5, 5.41) is 0. The highest BCUT2D eigenvalue weighted by molar-refractivity contribution is 5.81. The van der Waals surface area contributed by atoms with Crippen molar-refractivity contribution in [3.8, 4) is 22.6 Å². The summed E-state index contributed by atoms with van der Waals surface area (Å²) in [6, 6.07) is 10.7. The van der Waals surface area contributed by atoms with E-state index in [2.05, 4.69) is 11.6 Å². The van der Waals surface area contributed by atoms with E-state index >= 15 is 0 Å². The Morgan fingerprint density at radius 1 is 0.865 bits per heavy atom. The zero-order chi connectivity index (χ0) is 26.5. The molecule has 0 fully saturated rings. The van der Waals surface area contributed by atoms with Gasteiger partial charge in [0.1, 0.15) is 32.2 Å². The standard InChI is InChI=1S/C27H27F2NO7/c1-2-25(31)35-13-14-37-27-23(28)15-21(16-24(27)29)20-3-5-22(6-4-20)34-11-12-36-26(32)8-10-33-18-19-7-9-30-17-19/h2-7,9,15-17,30H,1,8,10-14,18H2. The van der Waals surface area contributed by atoms with Gasteiger partial charge in [-0.1, -0.05) is 18.7 Å². The summed E-state index contributed by atoms with van der Waals surface area (Å²) < 4.78 is 54.6. The molecule has 0 saturated carbocycles. The quantitative estimate of drug-likeness (QED) is 0.180. The van der Waals surface area contributed by atoms with E-state index in [1.807, 2.05) is 12.3 Å². The lowest BCUT2D eigenvalue weighted by Crippen LogP contribution is -2.13. The molecule has 0 saturated heterocycles. The molecule has 3 rings (SSSR count). The SMILES string of the molecule is C=CC(=O)OCCOc1c(F)cc(-c2ccc(OCCOC(=O)CCOCc3cc[nH]c3)cc2)cc1F. The first-order valence-electron chi connectivity index (χ1n) is 11.5. The van der Waals surface area contributed by atoms with Gasteiger partial charge in [-0.25, -0.2) is 13.6 Å². The van der Waals surface area contributed by atoms with Crippen LogP contribution in [0.15, 0.2) is 67.5 Å². The van der Waals surface area contributed by atoms with Crippen LogP contribution in [0.4, 0.5) is 8.78 Å². The number of halogens is 2. The molecule has 0 spiro atoms. The molecule has 0 aliphatic rings. The molecule has 1 N–H and O–H groups in total. The smallest absolute Gasteiger partial charge is 0.330 e. The normalized spacial score (nSPS) is 10.5. The second kappa shape index (κ2) is 14.4. The molecule has 0 radical (unpaired) electrons. The monoisotopic (exact) mass is 515 g/mol. The maximum atomic E-state index is 14.4. The molecule has 0 aliphatic carbocycles. The molecular formula is C27H27F2NO7. The van der Waals surface area contributed by atoms with Crippen LogP contribution in [0, 0.1) is 11.6 Å². The van der Waals surface area contributed by atoms with Gasteiger partial charge in [-0.2, -0.15) is 0 Å². The number of hydrogen-bond acceptors (Lipinski definition) is 7. The van der Waals surface area contributed by atoms with Crippen LogP contribution in [0.3, 0.4) is 0 Å². The average Bonchev–Trinajstić information content (AvgIpc) is 3.42. The van der Waals surface area contributed by atoms with Crippen molar-refractivity contribution in [1.82, 2.24) is 4.98 Å². The number of aromatic nitrogens is 1. The molecule has 3 aromatic rings. The number of nitrogens with one attached hydrogen (secondary N) is 1. The summed E-state index contributed by atoms with van der Waals surface area (Å²) >= 11 is 0. The minimum Gasteiger partial charge on any atom is -0.490 e. The Hall–Kier alpha value is -4.18. The van der Waals surface area contributed by atoms with Crippen molar-refractivity contribution in [2.24, 2.45) is 0 Å². The lowest BCUT2D eigenvalue weighted by atomic mass is 10.0. The van der Waals surface area contributed by atoms with E-state index in [1.165, 1.54) is 0 Å². The lowest BCUT2D eigenvalue weighted by molar-refractivity contribution is -0.145. The molecule has 1 aromatic heterocycles. The summed E-state index contributed by atoms with van der Waals surface area (Å²) in [5.74, 6) is -2.87. The van der Waals surface area contributed by atoms with Gasteiger partial charge in [-0.15, -0.1) is 0 Å². The fraction of sp³-hybridized carbons (Fsp3) is 0.259.